The number of carbonyl (C=O) groups is 1. The Morgan fingerprint density at radius 3 is 2.12 bits per heavy atom. The highest BCUT2D eigenvalue weighted by Gasteiger charge is 2.56. The monoisotopic (exact) mass is 691 g/mol. The number of hydrogen-bond donors (Lipinski definition) is 2. The summed E-state index contributed by atoms with van der Waals surface area (Å²) in [4.78, 5) is 18.8. The van der Waals surface area contributed by atoms with Crippen molar-refractivity contribution < 1.29 is 22.0 Å². The maximum absolute atomic E-state index is 16.1. The summed E-state index contributed by atoms with van der Waals surface area (Å²) in [7, 11) is -2.25. The maximum Gasteiger partial charge on any atom is 0.251 e. The predicted octanol–water partition coefficient (Wildman–Crippen LogP) is 4.99. The lowest BCUT2D eigenvalue weighted by molar-refractivity contribution is -0.0860. The number of likely N-dealkylation sites (tertiary alicyclic amines) is 2. The van der Waals surface area contributed by atoms with Crippen LogP contribution < -0.4 is 16.0 Å². The first-order valence-electron chi connectivity index (χ1n) is 17.6. The minimum atomic E-state index is -3.77. The smallest absolute Gasteiger partial charge is 0.251 e. The average molecular weight is 692 g/mol. The van der Waals surface area contributed by atoms with Crippen molar-refractivity contribution in [2.45, 2.75) is 65.6 Å². The second kappa shape index (κ2) is 13.4. The van der Waals surface area contributed by atoms with Crippen molar-refractivity contribution in [1.82, 2.24) is 15.1 Å². The molecular weight excluding hydrogens is 645 g/mol. The molecule has 262 valence electrons. The van der Waals surface area contributed by atoms with E-state index in [2.05, 4.69) is 21.2 Å². The van der Waals surface area contributed by atoms with Crippen molar-refractivity contribution >= 4 is 21.4 Å². The van der Waals surface area contributed by atoms with Crippen LogP contribution in [0.25, 0.3) is 0 Å². The molecule has 7 rings (SSSR count). The number of alkyl halides is 1. The molecule has 1 aliphatic carbocycles. The van der Waals surface area contributed by atoms with Crippen LogP contribution in [0.4, 0.5) is 14.5 Å². The van der Waals surface area contributed by atoms with Gasteiger partial charge >= 0.3 is 0 Å². The second-order valence-electron chi connectivity index (χ2n) is 14.5. The predicted molar refractivity (Wildman–Crippen MR) is 187 cm³/mol. The van der Waals surface area contributed by atoms with E-state index in [1.807, 2.05) is 11.0 Å². The van der Waals surface area contributed by atoms with Gasteiger partial charge < -0.3 is 16.0 Å². The van der Waals surface area contributed by atoms with Crippen LogP contribution in [0.2, 0.25) is 0 Å². The van der Waals surface area contributed by atoms with Gasteiger partial charge in [-0.1, -0.05) is 18.6 Å². The van der Waals surface area contributed by atoms with Crippen LogP contribution in [0, 0.1) is 17.7 Å². The number of hydrogen-bond acceptors (Lipinski definition) is 7. The molecule has 1 amide bonds. The zero-order valence-corrected chi connectivity index (χ0v) is 29.0. The molecule has 3 heterocycles. The summed E-state index contributed by atoms with van der Waals surface area (Å²) in [5.41, 5.74) is 7.38. The van der Waals surface area contributed by atoms with Gasteiger partial charge in [-0.25, -0.2) is 17.2 Å². The Morgan fingerprint density at radius 1 is 0.918 bits per heavy atom. The molecule has 0 radical (unpaired) electrons. The lowest BCUT2D eigenvalue weighted by Crippen LogP contribution is -2.66. The highest BCUT2D eigenvalue weighted by atomic mass is 32.2. The second-order valence-corrected chi connectivity index (χ2v) is 16.5. The number of rotatable bonds is 10. The first-order chi connectivity index (χ1) is 23.5. The fourth-order valence-corrected chi connectivity index (χ4v) is 10.4. The third-order valence-electron chi connectivity index (χ3n) is 11.6. The molecule has 11 heteroatoms. The van der Waals surface area contributed by atoms with E-state index in [-0.39, 0.29) is 52.1 Å². The lowest BCUT2D eigenvalue weighted by Gasteiger charge is -2.59. The van der Waals surface area contributed by atoms with E-state index in [0.29, 0.717) is 18.0 Å². The van der Waals surface area contributed by atoms with Crippen LogP contribution in [-0.4, -0.2) is 88.7 Å². The van der Waals surface area contributed by atoms with E-state index >= 15 is 4.39 Å². The topological polar surface area (TPSA) is 99.0 Å². The number of halogens is 2. The molecule has 1 saturated carbocycles. The molecule has 4 aliphatic rings. The van der Waals surface area contributed by atoms with E-state index in [9.17, 15) is 17.6 Å². The minimum Gasteiger partial charge on any atom is -0.365 e. The van der Waals surface area contributed by atoms with E-state index in [1.54, 1.807) is 30.3 Å². The van der Waals surface area contributed by atoms with Crippen molar-refractivity contribution in [1.29, 1.82) is 0 Å². The summed E-state index contributed by atoms with van der Waals surface area (Å²) in [6.45, 7) is 4.44. The van der Waals surface area contributed by atoms with E-state index in [0.717, 1.165) is 76.0 Å². The Hall–Kier alpha value is -3.38. The highest BCUT2D eigenvalue weighted by Crippen LogP contribution is 2.53. The molecule has 3 aromatic rings. The zero-order valence-electron chi connectivity index (χ0n) is 28.2. The van der Waals surface area contributed by atoms with Crippen molar-refractivity contribution in [2.75, 3.05) is 57.8 Å². The number of nitrogens with zero attached hydrogens (tertiary/aromatic N) is 3. The third kappa shape index (κ3) is 6.28. The normalized spacial score (nSPS) is 24.5. The lowest BCUT2D eigenvalue weighted by atomic mass is 9.62. The number of anilines is 1. The van der Waals surface area contributed by atoms with E-state index in [4.69, 9.17) is 5.73 Å². The molecule has 3 aromatic carbocycles. The number of nitrogens with two attached hydrogens (primary N) is 1. The Bertz CT molecular complexity index is 1750. The standard InChI is InChI=1S/C38H47F2N5O3S/c1-42-36(46)27-9-13-32(14-10-27)49(47,48)33-15-11-31(12-16-33)44-25-37(40,26-44)24-43-21-17-28(18-22-43)38(45-19-4-20-45,34-7-3-8-35(34)41)29-5-2-6-30(39)23-29/h2,5-6,9-16,23,28,34-35H,3-4,7-8,17-22,24-26,41H2,1H3,(H,42,46)/t34-,35-,38+/m0/s1. The molecule has 3 saturated heterocycles. The first-order valence-corrected chi connectivity index (χ1v) is 19.1. The Labute approximate surface area is 288 Å². The molecule has 4 fully saturated rings. The van der Waals surface area contributed by atoms with E-state index in [1.165, 1.54) is 37.4 Å². The van der Waals surface area contributed by atoms with Crippen molar-refractivity contribution in [3.8, 4) is 0 Å². The van der Waals surface area contributed by atoms with Gasteiger partial charge in [0.1, 0.15) is 5.82 Å². The summed E-state index contributed by atoms with van der Waals surface area (Å²) in [6.07, 6.45) is 6.13. The number of amides is 1. The largest absolute Gasteiger partial charge is 0.365 e. The van der Waals surface area contributed by atoms with Crippen LogP contribution in [-0.2, 0) is 15.4 Å². The molecule has 3 N–H and O–H groups in total. The molecule has 3 aliphatic heterocycles. The van der Waals surface area contributed by atoms with Gasteiger partial charge in [-0.05, 0) is 123 Å². The summed E-state index contributed by atoms with van der Waals surface area (Å²) < 4.78 is 57.2. The third-order valence-corrected chi connectivity index (χ3v) is 13.4. The number of sulfone groups is 1. The van der Waals surface area contributed by atoms with Crippen LogP contribution in [0.5, 0.6) is 0 Å². The van der Waals surface area contributed by atoms with Gasteiger partial charge in [-0.15, -0.1) is 0 Å². The molecule has 8 nitrogen and oxygen atoms in total. The van der Waals surface area contributed by atoms with Gasteiger partial charge in [-0.3, -0.25) is 14.6 Å². The fourth-order valence-electron chi connectivity index (χ4n) is 9.14. The number of carbonyl (C=O) groups excluding carboxylic acids is 1. The molecule has 49 heavy (non-hydrogen) atoms. The molecule has 0 bridgehead atoms. The highest BCUT2D eigenvalue weighted by molar-refractivity contribution is 7.91. The van der Waals surface area contributed by atoms with Crippen LogP contribution >= 0.6 is 0 Å². The molecular formula is C38H47F2N5O3S. The number of nitrogens with one attached hydrogen (secondary N) is 1. The Kier molecular flexibility index (Phi) is 9.32. The van der Waals surface area contributed by atoms with Gasteiger partial charge in [0.2, 0.25) is 9.84 Å². The molecule has 0 unspecified atom stereocenters. The summed E-state index contributed by atoms with van der Waals surface area (Å²) in [5.74, 6) is 0.100. The molecule has 3 atom stereocenters. The molecule has 0 aromatic heterocycles. The fraction of sp³-hybridized carbons (Fsp3) is 0.500. The zero-order chi connectivity index (χ0) is 34.4. The van der Waals surface area contributed by atoms with Crippen LogP contribution in [0.15, 0.2) is 82.6 Å². The van der Waals surface area contributed by atoms with E-state index < -0.39 is 15.5 Å². The first kappa shape index (κ1) is 34.1. The Balaban J connectivity index is 0.987. The van der Waals surface area contributed by atoms with Crippen LogP contribution in [0.1, 0.15) is 54.4 Å². The SMILES string of the molecule is CNC(=O)c1ccc(S(=O)(=O)c2ccc(N3CC(F)(CN4CCC([C@@](c5cccc(F)c5)([C@H]5CCC[C@@H]5N)N5CCC5)CC4)C3)cc2)cc1. The van der Waals surface area contributed by atoms with Crippen molar-refractivity contribution in [3.63, 3.8) is 0 Å². The minimum absolute atomic E-state index is 0.0907. The number of benzene rings is 3. The van der Waals surface area contributed by atoms with Gasteiger partial charge in [0.15, 0.2) is 5.67 Å². The molecule has 0 spiro atoms. The summed E-state index contributed by atoms with van der Waals surface area (Å²) in [6, 6.07) is 19.7. The summed E-state index contributed by atoms with van der Waals surface area (Å²) in [5, 5.41) is 2.52. The van der Waals surface area contributed by atoms with Crippen LogP contribution in [0.3, 0.4) is 0 Å². The van der Waals surface area contributed by atoms with Gasteiger partial charge in [0.05, 0.1) is 28.4 Å². The van der Waals surface area contributed by atoms with Gasteiger partial charge in [0, 0.05) is 44.0 Å². The van der Waals surface area contributed by atoms with Gasteiger partial charge in [-0.2, -0.15) is 0 Å². The van der Waals surface area contributed by atoms with Crippen molar-refractivity contribution in [3.05, 3.63) is 89.7 Å². The average Bonchev–Trinajstić information content (AvgIpc) is 3.51. The number of piperidine rings is 1. The maximum atomic E-state index is 16.1. The quantitative estimate of drug-likeness (QED) is 0.309. The van der Waals surface area contributed by atoms with Gasteiger partial charge in [0.25, 0.3) is 5.91 Å². The summed E-state index contributed by atoms with van der Waals surface area (Å²) >= 11 is 0. The van der Waals surface area contributed by atoms with Crippen molar-refractivity contribution in [2.24, 2.45) is 17.6 Å². The Morgan fingerprint density at radius 2 is 1.57 bits per heavy atom.